The maximum atomic E-state index is 13.3. The highest BCUT2D eigenvalue weighted by molar-refractivity contribution is 7.09. The molecule has 1 aromatic heterocycles. The van der Waals surface area contributed by atoms with Crippen LogP contribution in [0, 0.1) is 11.8 Å². The third-order valence-electron chi connectivity index (χ3n) is 4.88. The number of nitrogens with one attached hydrogen (secondary N) is 1. The van der Waals surface area contributed by atoms with Crippen molar-refractivity contribution in [2.45, 2.75) is 61.3 Å². The molecule has 0 saturated carbocycles. The average molecular weight is 489 g/mol. The van der Waals surface area contributed by atoms with Crippen LogP contribution in [-0.4, -0.2) is 44.0 Å². The van der Waals surface area contributed by atoms with Crippen LogP contribution in [0.15, 0.2) is 11.6 Å². The summed E-state index contributed by atoms with van der Waals surface area (Å²) in [5.74, 6) is -0.784. The van der Waals surface area contributed by atoms with Gasteiger partial charge in [0.2, 0.25) is 11.8 Å². The summed E-state index contributed by atoms with van der Waals surface area (Å²) in [5, 5.41) is 5.67. The van der Waals surface area contributed by atoms with E-state index in [1.54, 1.807) is 13.1 Å². The zero-order valence-electron chi connectivity index (χ0n) is 15.8. The van der Waals surface area contributed by atoms with Crippen LogP contribution in [0.3, 0.4) is 0 Å². The molecular weight excluding hydrogens is 464 g/mol. The zero-order chi connectivity index (χ0) is 20.8. The van der Waals surface area contributed by atoms with Crippen molar-refractivity contribution in [1.82, 2.24) is 15.2 Å². The second kappa shape index (κ2) is 11.2. The first-order valence-electron chi connectivity index (χ1n) is 9.26. The van der Waals surface area contributed by atoms with Crippen LogP contribution in [0.25, 0.3) is 0 Å². The van der Waals surface area contributed by atoms with Gasteiger partial charge in [-0.2, -0.15) is 0 Å². The highest BCUT2D eigenvalue weighted by atomic mass is 35.5. The summed E-state index contributed by atoms with van der Waals surface area (Å²) in [6, 6.07) is -0.765. The number of alkyl halides is 4. The van der Waals surface area contributed by atoms with Gasteiger partial charge >= 0.3 is 0 Å². The maximum absolute atomic E-state index is 13.3. The topological polar surface area (TPSA) is 62.3 Å². The largest absolute Gasteiger partial charge is 0.344 e. The Labute approximate surface area is 190 Å². The molecule has 4 atom stereocenters. The molecule has 1 N–H and O–H groups in total. The fourth-order valence-electron chi connectivity index (χ4n) is 3.22. The number of nitrogens with zero attached hydrogens (tertiary/aromatic N) is 2. The van der Waals surface area contributed by atoms with Crippen molar-refractivity contribution in [2.75, 3.05) is 6.54 Å². The molecule has 0 aliphatic carbocycles. The van der Waals surface area contributed by atoms with Crippen LogP contribution in [0.4, 0.5) is 0 Å². The average Bonchev–Trinajstić information content (AvgIpc) is 3.30. The Morgan fingerprint density at radius 1 is 1.25 bits per heavy atom. The zero-order valence-corrected chi connectivity index (χ0v) is 19.6. The van der Waals surface area contributed by atoms with Gasteiger partial charge in [0.25, 0.3) is 0 Å². The number of hydrogen-bond donors (Lipinski definition) is 1. The second-order valence-corrected chi connectivity index (χ2v) is 10.5. The lowest BCUT2D eigenvalue weighted by Gasteiger charge is -2.30. The molecule has 10 heteroatoms. The Balaban J connectivity index is 2.13. The Morgan fingerprint density at radius 2 is 1.93 bits per heavy atom. The molecule has 1 aromatic rings. The monoisotopic (exact) mass is 487 g/mol. The van der Waals surface area contributed by atoms with Crippen LogP contribution < -0.4 is 5.32 Å². The minimum atomic E-state index is -0.709. The van der Waals surface area contributed by atoms with Crippen molar-refractivity contribution >= 4 is 69.6 Å². The van der Waals surface area contributed by atoms with E-state index in [4.69, 9.17) is 46.4 Å². The van der Waals surface area contributed by atoms with Crippen molar-refractivity contribution in [3.8, 4) is 0 Å². The molecule has 5 nitrogen and oxygen atoms in total. The second-order valence-electron chi connectivity index (χ2n) is 7.24. The molecule has 2 heterocycles. The third-order valence-corrected chi connectivity index (χ3v) is 7.48. The first-order valence-corrected chi connectivity index (χ1v) is 11.9. The van der Waals surface area contributed by atoms with E-state index < -0.39 is 15.7 Å². The van der Waals surface area contributed by atoms with Gasteiger partial charge in [-0.3, -0.25) is 9.59 Å². The summed E-state index contributed by atoms with van der Waals surface area (Å²) < 4.78 is 0. The van der Waals surface area contributed by atoms with E-state index in [0.29, 0.717) is 13.0 Å². The Kier molecular flexibility index (Phi) is 9.61. The third kappa shape index (κ3) is 6.63. The summed E-state index contributed by atoms with van der Waals surface area (Å²) in [5.41, 5.74) is 0. The van der Waals surface area contributed by atoms with Gasteiger partial charge in [0, 0.05) is 24.5 Å². The lowest BCUT2D eigenvalue weighted by Crippen LogP contribution is -2.49. The SMILES string of the molecule is CC(CC(=O)NC(CC(C)C(Cl)Cl)C(=O)N1CCCC1c1nccs1)C(Cl)Cl. The Morgan fingerprint density at radius 3 is 2.50 bits per heavy atom. The molecule has 0 bridgehead atoms. The summed E-state index contributed by atoms with van der Waals surface area (Å²) >= 11 is 25.2. The first kappa shape index (κ1) is 24.0. The minimum Gasteiger partial charge on any atom is -0.344 e. The molecule has 2 amide bonds. The summed E-state index contributed by atoms with van der Waals surface area (Å²) in [7, 11) is 0. The number of rotatable bonds is 9. The normalized spacial score (nSPS) is 20.4. The van der Waals surface area contributed by atoms with Gasteiger partial charge in [-0.25, -0.2) is 4.98 Å². The van der Waals surface area contributed by atoms with Crippen molar-refractivity contribution in [3.63, 3.8) is 0 Å². The van der Waals surface area contributed by atoms with Gasteiger partial charge in [0.15, 0.2) is 0 Å². The predicted molar refractivity (Wildman–Crippen MR) is 116 cm³/mol. The number of aromatic nitrogens is 1. The highest BCUT2D eigenvalue weighted by Crippen LogP contribution is 2.34. The fraction of sp³-hybridized carbons (Fsp3) is 0.722. The Hall–Kier alpha value is -0.270. The van der Waals surface area contributed by atoms with E-state index >= 15 is 0 Å². The summed E-state index contributed by atoms with van der Waals surface area (Å²) in [6.45, 7) is 4.28. The molecule has 1 aliphatic rings. The van der Waals surface area contributed by atoms with E-state index in [-0.39, 0.29) is 36.1 Å². The smallest absolute Gasteiger partial charge is 0.245 e. The lowest BCUT2D eigenvalue weighted by atomic mass is 10.0. The van der Waals surface area contributed by atoms with E-state index in [9.17, 15) is 9.59 Å². The van der Waals surface area contributed by atoms with Gasteiger partial charge in [0.05, 0.1) is 6.04 Å². The van der Waals surface area contributed by atoms with Gasteiger partial charge in [-0.1, -0.05) is 13.8 Å². The van der Waals surface area contributed by atoms with Gasteiger partial charge < -0.3 is 10.2 Å². The van der Waals surface area contributed by atoms with Crippen molar-refractivity contribution in [2.24, 2.45) is 11.8 Å². The lowest BCUT2D eigenvalue weighted by molar-refractivity contribution is -0.138. The van der Waals surface area contributed by atoms with Gasteiger partial charge in [0.1, 0.15) is 20.7 Å². The molecular formula is C18H25Cl4N3O2S. The number of amides is 2. The molecule has 1 saturated heterocycles. The number of likely N-dealkylation sites (tertiary alicyclic amines) is 1. The van der Waals surface area contributed by atoms with Crippen LogP contribution in [0.2, 0.25) is 0 Å². The molecule has 28 heavy (non-hydrogen) atoms. The highest BCUT2D eigenvalue weighted by Gasteiger charge is 2.37. The molecule has 0 spiro atoms. The molecule has 0 aromatic carbocycles. The van der Waals surface area contributed by atoms with Crippen LogP contribution in [0.5, 0.6) is 0 Å². The van der Waals surface area contributed by atoms with Crippen molar-refractivity contribution in [3.05, 3.63) is 16.6 Å². The molecule has 1 aliphatic heterocycles. The number of carbonyl (C=O) groups is 2. The van der Waals surface area contributed by atoms with E-state index in [1.165, 1.54) is 11.3 Å². The van der Waals surface area contributed by atoms with Crippen molar-refractivity contribution in [1.29, 1.82) is 0 Å². The molecule has 2 rings (SSSR count). The molecule has 0 radical (unpaired) electrons. The predicted octanol–water partition coefficient (Wildman–Crippen LogP) is 4.95. The van der Waals surface area contributed by atoms with Crippen molar-refractivity contribution < 1.29 is 9.59 Å². The van der Waals surface area contributed by atoms with Crippen LogP contribution in [-0.2, 0) is 9.59 Å². The summed E-state index contributed by atoms with van der Waals surface area (Å²) in [4.78, 5) is 30.7. The van der Waals surface area contributed by atoms with Crippen LogP contribution in [0.1, 0.15) is 50.6 Å². The minimum absolute atomic E-state index is 0.0565. The van der Waals surface area contributed by atoms with E-state index in [2.05, 4.69) is 10.3 Å². The molecule has 1 fully saturated rings. The first-order chi connectivity index (χ1) is 13.2. The fourth-order valence-corrected chi connectivity index (χ4v) is 4.39. The maximum Gasteiger partial charge on any atom is 0.245 e. The van der Waals surface area contributed by atoms with Crippen LogP contribution >= 0.6 is 57.7 Å². The molecule has 4 unspecified atom stereocenters. The number of thiazole rings is 1. The number of carbonyl (C=O) groups excluding carboxylic acids is 2. The number of halogens is 4. The van der Waals surface area contributed by atoms with Gasteiger partial charge in [-0.15, -0.1) is 57.7 Å². The quantitative estimate of drug-likeness (QED) is 0.500. The summed E-state index contributed by atoms with van der Waals surface area (Å²) in [6.07, 6.45) is 3.99. The Bertz CT molecular complexity index is 645. The number of hydrogen-bond acceptors (Lipinski definition) is 4. The molecule has 158 valence electrons. The van der Waals surface area contributed by atoms with E-state index in [0.717, 1.165) is 17.8 Å². The van der Waals surface area contributed by atoms with E-state index in [1.807, 2.05) is 17.2 Å². The van der Waals surface area contributed by atoms with Gasteiger partial charge in [-0.05, 0) is 31.1 Å². The standard InChI is InChI=1S/C18H25Cl4N3O2S/c1-10(15(19)20)8-12(24-14(26)9-11(2)16(21)22)18(27)25-6-3-4-13(25)17-23-5-7-28-17/h5,7,10-13,15-16H,3-4,6,8-9H2,1-2H3,(H,24,26).